The first kappa shape index (κ1) is 20.8. The highest BCUT2D eigenvalue weighted by Crippen LogP contribution is 2.19. The normalized spacial score (nSPS) is 16.9. The highest BCUT2D eigenvalue weighted by Gasteiger charge is 2.22. The van der Waals surface area contributed by atoms with Crippen LogP contribution < -0.4 is 10.2 Å². The summed E-state index contributed by atoms with van der Waals surface area (Å²) in [5.41, 5.74) is 3.18. The molecule has 1 aromatic carbocycles. The van der Waals surface area contributed by atoms with E-state index in [-0.39, 0.29) is 5.97 Å². The number of rotatable bonds is 8. The second kappa shape index (κ2) is 10.0. The number of nitrogens with one attached hydrogen (secondary N) is 1. The number of hydrogen-bond acceptors (Lipinski definition) is 7. The van der Waals surface area contributed by atoms with Crippen LogP contribution in [0.15, 0.2) is 42.7 Å². The van der Waals surface area contributed by atoms with Crippen molar-refractivity contribution in [2.45, 2.75) is 25.9 Å². The number of benzene rings is 1. The van der Waals surface area contributed by atoms with Gasteiger partial charge in [-0.3, -0.25) is 9.88 Å². The number of aromatic nitrogens is 2. The Labute approximate surface area is 172 Å². The lowest BCUT2D eigenvalue weighted by Gasteiger charge is -2.19. The van der Waals surface area contributed by atoms with Gasteiger partial charge in [-0.25, -0.2) is 9.78 Å². The van der Waals surface area contributed by atoms with Crippen LogP contribution in [0, 0.1) is 0 Å². The number of carbonyl (C=O) groups excluding carboxylic acids is 1. The predicted molar refractivity (Wildman–Crippen MR) is 116 cm³/mol. The summed E-state index contributed by atoms with van der Waals surface area (Å²) in [5, 5.41) is 3.46. The second-order valence-electron chi connectivity index (χ2n) is 7.34. The number of ether oxygens (including phenoxy) is 1. The third-order valence-electron chi connectivity index (χ3n) is 4.81. The summed E-state index contributed by atoms with van der Waals surface area (Å²) < 4.78 is 4.85. The van der Waals surface area contributed by atoms with Gasteiger partial charge >= 0.3 is 5.97 Å². The van der Waals surface area contributed by atoms with Gasteiger partial charge in [0.15, 0.2) is 0 Å². The Morgan fingerprint density at radius 3 is 2.93 bits per heavy atom. The van der Waals surface area contributed by atoms with Gasteiger partial charge < -0.3 is 15.0 Å². The van der Waals surface area contributed by atoms with Gasteiger partial charge in [-0.05, 0) is 37.1 Å². The fourth-order valence-electron chi connectivity index (χ4n) is 3.34. The molecule has 1 N–H and O–H groups in total. The van der Waals surface area contributed by atoms with Crippen molar-refractivity contribution in [2.24, 2.45) is 0 Å². The number of nitrogens with zero attached hydrogens (tertiary/aromatic N) is 4. The van der Waals surface area contributed by atoms with E-state index >= 15 is 0 Å². The summed E-state index contributed by atoms with van der Waals surface area (Å²) in [6, 6.07) is 9.02. The molecule has 2 aromatic rings. The van der Waals surface area contributed by atoms with E-state index < -0.39 is 0 Å². The summed E-state index contributed by atoms with van der Waals surface area (Å²) in [7, 11) is 4.13. The average Bonchev–Trinajstić information content (AvgIpc) is 3.14. The highest BCUT2D eigenvalue weighted by molar-refractivity contribution is 5.86. The molecule has 0 amide bonds. The largest absolute Gasteiger partial charge is 0.463 e. The molecule has 0 radical (unpaired) electrons. The van der Waals surface area contributed by atoms with Crippen molar-refractivity contribution in [3.63, 3.8) is 0 Å². The van der Waals surface area contributed by atoms with Gasteiger partial charge in [-0.1, -0.05) is 12.1 Å². The number of anilines is 2. The number of esters is 1. The number of carbonyl (C=O) groups is 1. The topological polar surface area (TPSA) is 70.6 Å². The molecule has 1 atom stereocenters. The van der Waals surface area contributed by atoms with Crippen LogP contribution in [0.25, 0.3) is 6.08 Å². The van der Waals surface area contributed by atoms with E-state index in [1.165, 1.54) is 17.3 Å². The van der Waals surface area contributed by atoms with E-state index in [0.717, 1.165) is 31.9 Å². The molecule has 3 rings (SSSR count). The van der Waals surface area contributed by atoms with E-state index in [0.29, 0.717) is 18.3 Å². The maximum absolute atomic E-state index is 11.4. The Bertz CT molecular complexity index is 835. The average molecular weight is 396 g/mol. The van der Waals surface area contributed by atoms with E-state index in [2.05, 4.69) is 63.4 Å². The predicted octanol–water partition coefficient (Wildman–Crippen LogP) is 2.81. The van der Waals surface area contributed by atoms with E-state index in [4.69, 9.17) is 4.74 Å². The molecule has 29 heavy (non-hydrogen) atoms. The summed E-state index contributed by atoms with van der Waals surface area (Å²) in [5.74, 6) is 0.374. The summed E-state index contributed by atoms with van der Waals surface area (Å²) in [6.07, 6.45) is 7.39. The zero-order valence-electron chi connectivity index (χ0n) is 17.3. The molecule has 1 aliphatic rings. The minimum absolute atomic E-state index is 0.349. The van der Waals surface area contributed by atoms with Crippen LogP contribution in [-0.4, -0.2) is 60.7 Å². The van der Waals surface area contributed by atoms with Gasteiger partial charge in [0.05, 0.1) is 24.7 Å². The lowest BCUT2D eigenvalue weighted by molar-refractivity contribution is -0.137. The Morgan fingerprint density at radius 2 is 2.21 bits per heavy atom. The van der Waals surface area contributed by atoms with Crippen LogP contribution in [-0.2, 0) is 16.1 Å². The van der Waals surface area contributed by atoms with Crippen LogP contribution in [0.1, 0.15) is 24.6 Å². The zero-order valence-corrected chi connectivity index (χ0v) is 17.3. The monoisotopic (exact) mass is 395 g/mol. The lowest BCUT2D eigenvalue weighted by Crippen LogP contribution is -2.26. The second-order valence-corrected chi connectivity index (χ2v) is 7.34. The SMILES string of the molecule is CCOC(=O)C=Cc1cnc(N[C@@H]2CCN(Cc3cccc(N(C)C)c3)C2)cn1. The molecule has 0 saturated carbocycles. The third-order valence-corrected chi connectivity index (χ3v) is 4.81. The molecule has 1 aromatic heterocycles. The molecule has 1 saturated heterocycles. The van der Waals surface area contributed by atoms with E-state index in [9.17, 15) is 4.79 Å². The smallest absolute Gasteiger partial charge is 0.330 e. The first-order chi connectivity index (χ1) is 14.0. The molecule has 0 spiro atoms. The first-order valence-electron chi connectivity index (χ1n) is 9.95. The third kappa shape index (κ3) is 6.29. The Balaban J connectivity index is 1.49. The van der Waals surface area contributed by atoms with Crippen LogP contribution in [0.4, 0.5) is 11.5 Å². The van der Waals surface area contributed by atoms with Crippen molar-refractivity contribution in [3.8, 4) is 0 Å². The van der Waals surface area contributed by atoms with Gasteiger partial charge in [-0.2, -0.15) is 0 Å². The Hall–Kier alpha value is -2.93. The minimum atomic E-state index is -0.376. The van der Waals surface area contributed by atoms with Gasteiger partial charge in [0, 0.05) is 51.5 Å². The zero-order chi connectivity index (χ0) is 20.6. The van der Waals surface area contributed by atoms with Crippen LogP contribution in [0.3, 0.4) is 0 Å². The van der Waals surface area contributed by atoms with Gasteiger partial charge in [0.25, 0.3) is 0 Å². The van der Waals surface area contributed by atoms with Crippen molar-refractivity contribution in [2.75, 3.05) is 44.0 Å². The molecule has 2 heterocycles. The maximum Gasteiger partial charge on any atom is 0.330 e. The van der Waals surface area contributed by atoms with E-state index in [1.807, 2.05) is 0 Å². The standard InChI is InChI=1S/C22H29N5O2/c1-4-29-22(28)9-8-18-13-24-21(14-23-18)25-19-10-11-27(16-19)15-17-6-5-7-20(12-17)26(2)3/h5-9,12-14,19H,4,10-11,15-16H2,1-3H3,(H,24,25)/t19-/m1/s1. The molecule has 154 valence electrons. The van der Waals surface area contributed by atoms with Crippen molar-refractivity contribution in [3.05, 3.63) is 54.0 Å². The van der Waals surface area contributed by atoms with Crippen molar-refractivity contribution < 1.29 is 9.53 Å². The molecule has 0 unspecified atom stereocenters. The van der Waals surface area contributed by atoms with Crippen LogP contribution >= 0.6 is 0 Å². The lowest BCUT2D eigenvalue weighted by atomic mass is 10.2. The summed E-state index contributed by atoms with van der Waals surface area (Å²) in [4.78, 5) is 24.7. The molecule has 1 aliphatic heterocycles. The van der Waals surface area contributed by atoms with Crippen molar-refractivity contribution in [1.82, 2.24) is 14.9 Å². The molecular weight excluding hydrogens is 366 g/mol. The van der Waals surface area contributed by atoms with Gasteiger partial charge in [-0.15, -0.1) is 0 Å². The van der Waals surface area contributed by atoms with Crippen molar-refractivity contribution in [1.29, 1.82) is 0 Å². The van der Waals surface area contributed by atoms with Gasteiger partial charge in [0.2, 0.25) is 0 Å². The van der Waals surface area contributed by atoms with Crippen LogP contribution in [0.5, 0.6) is 0 Å². The molecule has 0 bridgehead atoms. The number of hydrogen-bond donors (Lipinski definition) is 1. The first-order valence-corrected chi connectivity index (χ1v) is 9.95. The highest BCUT2D eigenvalue weighted by atomic mass is 16.5. The molecule has 0 aliphatic carbocycles. The Kier molecular flexibility index (Phi) is 7.19. The Morgan fingerprint density at radius 1 is 1.34 bits per heavy atom. The van der Waals surface area contributed by atoms with Crippen LogP contribution in [0.2, 0.25) is 0 Å². The summed E-state index contributed by atoms with van der Waals surface area (Å²) >= 11 is 0. The minimum Gasteiger partial charge on any atom is -0.463 e. The van der Waals surface area contributed by atoms with Gasteiger partial charge in [0.1, 0.15) is 5.82 Å². The molecule has 1 fully saturated rings. The fraction of sp³-hybridized carbons (Fsp3) is 0.409. The summed E-state index contributed by atoms with van der Waals surface area (Å²) in [6.45, 7) is 5.10. The quantitative estimate of drug-likeness (QED) is 0.544. The number of likely N-dealkylation sites (tertiary alicyclic amines) is 1. The van der Waals surface area contributed by atoms with Crippen molar-refractivity contribution >= 4 is 23.6 Å². The molecular formula is C22H29N5O2. The fourth-order valence-corrected chi connectivity index (χ4v) is 3.34. The maximum atomic E-state index is 11.4. The molecule has 7 nitrogen and oxygen atoms in total. The molecule has 7 heteroatoms. The van der Waals surface area contributed by atoms with E-state index in [1.54, 1.807) is 25.4 Å².